The maximum absolute atomic E-state index is 11.1. The Hall–Kier alpha value is -0.610. The molecular formula is C9H19NO3. The van der Waals surface area contributed by atoms with Crippen LogP contribution in [-0.2, 0) is 14.3 Å². The SMILES string of the molecule is CCCC(=O)NCC(C)(OC)OC. The minimum absolute atomic E-state index is 0.0304. The molecule has 13 heavy (non-hydrogen) atoms. The van der Waals surface area contributed by atoms with Crippen LogP contribution in [0.1, 0.15) is 26.7 Å². The molecule has 1 amide bonds. The summed E-state index contributed by atoms with van der Waals surface area (Å²) in [6.07, 6.45) is 1.39. The van der Waals surface area contributed by atoms with E-state index in [2.05, 4.69) is 5.32 Å². The van der Waals surface area contributed by atoms with Gasteiger partial charge in [-0.15, -0.1) is 0 Å². The number of hydrogen-bond donors (Lipinski definition) is 1. The maximum Gasteiger partial charge on any atom is 0.220 e. The summed E-state index contributed by atoms with van der Waals surface area (Å²) >= 11 is 0. The molecule has 78 valence electrons. The number of carbonyl (C=O) groups is 1. The van der Waals surface area contributed by atoms with Crippen LogP contribution in [-0.4, -0.2) is 32.5 Å². The highest BCUT2D eigenvalue weighted by Gasteiger charge is 2.22. The molecule has 0 saturated heterocycles. The highest BCUT2D eigenvalue weighted by Crippen LogP contribution is 2.07. The fourth-order valence-corrected chi connectivity index (χ4v) is 0.802. The average molecular weight is 189 g/mol. The van der Waals surface area contributed by atoms with Crippen molar-refractivity contribution in [1.82, 2.24) is 5.32 Å². The minimum Gasteiger partial charge on any atom is -0.352 e. The van der Waals surface area contributed by atoms with Crippen molar-refractivity contribution in [2.45, 2.75) is 32.5 Å². The fraction of sp³-hybridized carbons (Fsp3) is 0.889. The van der Waals surface area contributed by atoms with Crippen LogP contribution in [0.15, 0.2) is 0 Å². The molecule has 0 radical (unpaired) electrons. The van der Waals surface area contributed by atoms with Gasteiger partial charge in [0.15, 0.2) is 5.79 Å². The van der Waals surface area contributed by atoms with Gasteiger partial charge in [0.05, 0.1) is 6.54 Å². The van der Waals surface area contributed by atoms with Crippen molar-refractivity contribution in [3.63, 3.8) is 0 Å². The molecule has 0 aliphatic carbocycles. The second-order valence-corrected chi connectivity index (χ2v) is 3.07. The van der Waals surface area contributed by atoms with Crippen LogP contribution < -0.4 is 5.32 Å². The van der Waals surface area contributed by atoms with Gasteiger partial charge in [0, 0.05) is 20.6 Å². The number of ether oxygens (including phenoxy) is 2. The van der Waals surface area contributed by atoms with Gasteiger partial charge in [-0.3, -0.25) is 4.79 Å². The number of methoxy groups -OCH3 is 2. The second kappa shape index (κ2) is 5.94. The van der Waals surface area contributed by atoms with Crippen LogP contribution in [0.25, 0.3) is 0 Å². The lowest BCUT2D eigenvalue weighted by molar-refractivity contribution is -0.190. The zero-order valence-corrected chi connectivity index (χ0v) is 8.85. The van der Waals surface area contributed by atoms with Crippen LogP contribution in [0.5, 0.6) is 0 Å². The number of nitrogens with one attached hydrogen (secondary N) is 1. The van der Waals surface area contributed by atoms with E-state index < -0.39 is 5.79 Å². The molecule has 0 atom stereocenters. The second-order valence-electron chi connectivity index (χ2n) is 3.07. The Morgan fingerprint density at radius 3 is 2.31 bits per heavy atom. The van der Waals surface area contributed by atoms with Gasteiger partial charge in [0.2, 0.25) is 5.91 Å². The lowest BCUT2D eigenvalue weighted by Gasteiger charge is -2.26. The third kappa shape index (κ3) is 4.85. The summed E-state index contributed by atoms with van der Waals surface area (Å²) < 4.78 is 10.2. The first-order valence-corrected chi connectivity index (χ1v) is 4.45. The van der Waals surface area contributed by atoms with Crippen molar-refractivity contribution in [2.24, 2.45) is 0 Å². The third-order valence-electron chi connectivity index (χ3n) is 1.95. The molecule has 0 aliphatic rings. The zero-order valence-electron chi connectivity index (χ0n) is 8.85. The molecule has 0 heterocycles. The molecule has 0 saturated carbocycles. The van der Waals surface area contributed by atoms with E-state index in [0.29, 0.717) is 13.0 Å². The van der Waals surface area contributed by atoms with Crippen LogP contribution in [0, 0.1) is 0 Å². The first-order valence-electron chi connectivity index (χ1n) is 4.45. The summed E-state index contributed by atoms with van der Waals surface area (Å²) in [5.74, 6) is -0.688. The molecule has 0 rings (SSSR count). The summed E-state index contributed by atoms with van der Waals surface area (Å²) in [7, 11) is 3.10. The van der Waals surface area contributed by atoms with Gasteiger partial charge in [-0.2, -0.15) is 0 Å². The Balaban J connectivity index is 3.78. The molecule has 4 nitrogen and oxygen atoms in total. The summed E-state index contributed by atoms with van der Waals surface area (Å²) in [4.78, 5) is 11.1. The monoisotopic (exact) mass is 189 g/mol. The Morgan fingerprint density at radius 1 is 1.38 bits per heavy atom. The lowest BCUT2D eigenvalue weighted by Crippen LogP contribution is -2.43. The molecule has 0 bridgehead atoms. The zero-order chi connectivity index (χ0) is 10.3. The van der Waals surface area contributed by atoms with E-state index in [-0.39, 0.29) is 5.91 Å². The van der Waals surface area contributed by atoms with Gasteiger partial charge < -0.3 is 14.8 Å². The summed E-state index contributed by atoms with van der Waals surface area (Å²) in [5.41, 5.74) is 0. The van der Waals surface area contributed by atoms with Crippen LogP contribution in [0.4, 0.5) is 0 Å². The van der Waals surface area contributed by atoms with E-state index >= 15 is 0 Å². The van der Waals surface area contributed by atoms with E-state index in [1.54, 1.807) is 21.1 Å². The number of rotatable bonds is 6. The van der Waals surface area contributed by atoms with E-state index in [4.69, 9.17) is 9.47 Å². The molecule has 0 unspecified atom stereocenters. The van der Waals surface area contributed by atoms with Gasteiger partial charge in [0.25, 0.3) is 0 Å². The van der Waals surface area contributed by atoms with Crippen molar-refractivity contribution in [3.8, 4) is 0 Å². The predicted octanol–water partition coefficient (Wildman–Crippen LogP) is 0.912. The third-order valence-corrected chi connectivity index (χ3v) is 1.95. The highest BCUT2D eigenvalue weighted by atomic mass is 16.7. The fourth-order valence-electron chi connectivity index (χ4n) is 0.802. The molecule has 0 fully saturated rings. The molecule has 0 aromatic rings. The molecule has 0 aromatic carbocycles. The first kappa shape index (κ1) is 12.4. The molecule has 1 N–H and O–H groups in total. The van der Waals surface area contributed by atoms with Crippen LogP contribution in [0.3, 0.4) is 0 Å². The van der Waals surface area contributed by atoms with E-state index in [1.807, 2.05) is 6.92 Å². The standard InChI is InChI=1S/C9H19NO3/c1-5-6-8(11)10-7-9(2,12-3)13-4/h5-7H2,1-4H3,(H,10,11). The molecule has 0 aromatic heterocycles. The van der Waals surface area contributed by atoms with Gasteiger partial charge in [-0.05, 0) is 13.3 Å². The minimum atomic E-state index is -0.719. The molecular weight excluding hydrogens is 170 g/mol. The Kier molecular flexibility index (Phi) is 5.66. The Labute approximate surface area is 79.6 Å². The average Bonchev–Trinajstić information content (AvgIpc) is 2.15. The first-order chi connectivity index (χ1) is 6.08. The highest BCUT2D eigenvalue weighted by molar-refractivity contribution is 5.75. The predicted molar refractivity (Wildman–Crippen MR) is 50.3 cm³/mol. The number of hydrogen-bond acceptors (Lipinski definition) is 3. The van der Waals surface area contributed by atoms with Crippen LogP contribution in [0.2, 0.25) is 0 Å². The lowest BCUT2D eigenvalue weighted by atomic mass is 10.3. The summed E-state index contributed by atoms with van der Waals surface area (Å²) in [6, 6.07) is 0. The maximum atomic E-state index is 11.1. The van der Waals surface area contributed by atoms with E-state index in [1.165, 1.54) is 0 Å². The quantitative estimate of drug-likeness (QED) is 0.632. The largest absolute Gasteiger partial charge is 0.352 e. The Bertz CT molecular complexity index is 155. The van der Waals surface area contributed by atoms with Crippen molar-refractivity contribution < 1.29 is 14.3 Å². The summed E-state index contributed by atoms with van der Waals surface area (Å²) in [6.45, 7) is 4.11. The topological polar surface area (TPSA) is 47.6 Å². The molecule has 0 spiro atoms. The van der Waals surface area contributed by atoms with Gasteiger partial charge >= 0.3 is 0 Å². The normalized spacial score (nSPS) is 11.4. The molecule has 0 aliphatic heterocycles. The van der Waals surface area contributed by atoms with Gasteiger partial charge in [-0.1, -0.05) is 6.92 Å². The van der Waals surface area contributed by atoms with Gasteiger partial charge in [-0.25, -0.2) is 0 Å². The van der Waals surface area contributed by atoms with Crippen LogP contribution >= 0.6 is 0 Å². The summed E-state index contributed by atoms with van der Waals surface area (Å²) in [5, 5.41) is 2.74. The van der Waals surface area contributed by atoms with Crippen molar-refractivity contribution >= 4 is 5.91 Å². The van der Waals surface area contributed by atoms with Crippen molar-refractivity contribution in [2.75, 3.05) is 20.8 Å². The number of amides is 1. The van der Waals surface area contributed by atoms with E-state index in [9.17, 15) is 4.79 Å². The smallest absolute Gasteiger partial charge is 0.220 e. The number of carbonyl (C=O) groups excluding carboxylic acids is 1. The Morgan fingerprint density at radius 2 is 1.92 bits per heavy atom. The van der Waals surface area contributed by atoms with Gasteiger partial charge in [0.1, 0.15) is 0 Å². The van der Waals surface area contributed by atoms with E-state index in [0.717, 1.165) is 6.42 Å². The van der Waals surface area contributed by atoms with Crippen molar-refractivity contribution in [1.29, 1.82) is 0 Å². The van der Waals surface area contributed by atoms with Crippen molar-refractivity contribution in [3.05, 3.63) is 0 Å². The molecule has 4 heteroatoms.